The predicted octanol–water partition coefficient (Wildman–Crippen LogP) is 4.24. The van der Waals surface area contributed by atoms with Crippen molar-refractivity contribution in [3.63, 3.8) is 0 Å². The maximum absolute atomic E-state index is 12.2. The van der Waals surface area contributed by atoms with Crippen LogP contribution in [0.1, 0.15) is 5.56 Å². The SMILES string of the molecule is C#CCOc1ccc(Cl)cc1/C=C1\SC(=Nc2ccccc2)NC1=O. The molecule has 124 valence electrons. The maximum atomic E-state index is 12.2. The molecule has 2 aromatic rings. The highest BCUT2D eigenvalue weighted by atomic mass is 35.5. The number of thioether (sulfide) groups is 1. The number of ether oxygens (including phenoxy) is 1. The zero-order chi connectivity index (χ0) is 17.6. The van der Waals surface area contributed by atoms with Gasteiger partial charge in [0.05, 0.1) is 10.6 Å². The molecule has 0 radical (unpaired) electrons. The lowest BCUT2D eigenvalue weighted by molar-refractivity contribution is -0.115. The first kappa shape index (κ1) is 17.2. The molecule has 1 heterocycles. The van der Waals surface area contributed by atoms with Gasteiger partial charge in [0.15, 0.2) is 5.17 Å². The number of nitrogens with one attached hydrogen (secondary N) is 1. The quantitative estimate of drug-likeness (QED) is 0.648. The highest BCUT2D eigenvalue weighted by molar-refractivity contribution is 8.18. The van der Waals surface area contributed by atoms with Crippen LogP contribution < -0.4 is 10.1 Å². The lowest BCUT2D eigenvalue weighted by Crippen LogP contribution is -2.19. The van der Waals surface area contributed by atoms with Gasteiger partial charge in [-0.25, -0.2) is 4.99 Å². The standard InChI is InChI=1S/C19H13ClN2O2S/c1-2-10-24-16-9-8-14(20)11-13(16)12-17-18(23)22-19(25-17)21-15-6-4-3-5-7-15/h1,3-9,11-12H,10H2,(H,21,22,23)/b17-12-. The summed E-state index contributed by atoms with van der Waals surface area (Å²) in [4.78, 5) is 17.1. The van der Waals surface area contributed by atoms with Crippen molar-refractivity contribution in [3.8, 4) is 18.1 Å². The number of nitrogens with zero attached hydrogens (tertiary/aromatic N) is 1. The molecule has 0 saturated carbocycles. The number of aliphatic imine (C=N–C) groups is 1. The van der Waals surface area contributed by atoms with E-state index >= 15 is 0 Å². The Balaban J connectivity index is 1.87. The molecule has 0 bridgehead atoms. The monoisotopic (exact) mass is 368 g/mol. The van der Waals surface area contributed by atoms with Crippen LogP contribution >= 0.6 is 23.4 Å². The molecule has 0 aromatic heterocycles. The Morgan fingerprint density at radius 1 is 1.28 bits per heavy atom. The molecule has 3 rings (SSSR count). The highest BCUT2D eigenvalue weighted by Gasteiger charge is 2.24. The molecule has 6 heteroatoms. The van der Waals surface area contributed by atoms with Gasteiger partial charge in [0, 0.05) is 10.6 Å². The number of benzene rings is 2. The number of rotatable bonds is 4. The van der Waals surface area contributed by atoms with E-state index in [-0.39, 0.29) is 12.5 Å². The fourth-order valence-corrected chi connectivity index (χ4v) is 3.14. The van der Waals surface area contributed by atoms with Crippen molar-refractivity contribution in [2.45, 2.75) is 0 Å². The summed E-state index contributed by atoms with van der Waals surface area (Å²) in [6.45, 7) is 0.137. The van der Waals surface area contributed by atoms with Crippen LogP contribution in [0, 0.1) is 12.3 Å². The summed E-state index contributed by atoms with van der Waals surface area (Å²) in [5.41, 5.74) is 1.45. The van der Waals surface area contributed by atoms with E-state index in [2.05, 4.69) is 16.2 Å². The number of terminal acetylenes is 1. The molecule has 0 spiro atoms. The molecule has 1 fully saturated rings. The Morgan fingerprint density at radius 3 is 2.84 bits per heavy atom. The number of hydrogen-bond donors (Lipinski definition) is 1. The van der Waals surface area contributed by atoms with E-state index in [1.54, 1.807) is 24.3 Å². The van der Waals surface area contributed by atoms with Crippen LogP contribution in [0.4, 0.5) is 5.69 Å². The van der Waals surface area contributed by atoms with E-state index in [0.29, 0.717) is 26.4 Å². The van der Waals surface area contributed by atoms with Gasteiger partial charge in [-0.05, 0) is 48.2 Å². The van der Waals surface area contributed by atoms with E-state index in [1.807, 2.05) is 30.3 Å². The zero-order valence-corrected chi connectivity index (χ0v) is 14.6. The zero-order valence-electron chi connectivity index (χ0n) is 13.0. The van der Waals surface area contributed by atoms with Crippen molar-refractivity contribution in [3.05, 3.63) is 64.0 Å². The molecular formula is C19H13ClN2O2S. The van der Waals surface area contributed by atoms with Crippen LogP contribution in [0.2, 0.25) is 5.02 Å². The summed E-state index contributed by atoms with van der Waals surface area (Å²) in [7, 11) is 0. The van der Waals surface area contributed by atoms with Crippen LogP contribution in [0.3, 0.4) is 0 Å². The van der Waals surface area contributed by atoms with Crippen LogP contribution in [0.5, 0.6) is 5.75 Å². The van der Waals surface area contributed by atoms with Crippen LogP contribution in [0.15, 0.2) is 58.4 Å². The molecule has 1 aliphatic heterocycles. The molecule has 25 heavy (non-hydrogen) atoms. The molecule has 0 aliphatic carbocycles. The number of para-hydroxylation sites is 1. The van der Waals surface area contributed by atoms with Gasteiger partial charge >= 0.3 is 0 Å². The summed E-state index contributed by atoms with van der Waals surface area (Å²) in [5, 5.41) is 3.82. The number of amidine groups is 1. The van der Waals surface area contributed by atoms with Gasteiger partial charge in [-0.1, -0.05) is 35.7 Å². The second-order valence-electron chi connectivity index (χ2n) is 4.99. The van der Waals surface area contributed by atoms with E-state index in [0.717, 1.165) is 5.69 Å². The first-order chi connectivity index (χ1) is 12.2. The van der Waals surface area contributed by atoms with Crippen molar-refractivity contribution in [1.82, 2.24) is 5.32 Å². The van der Waals surface area contributed by atoms with Gasteiger partial charge in [0.25, 0.3) is 5.91 Å². The Labute approximate surface area is 154 Å². The average molecular weight is 369 g/mol. The second-order valence-corrected chi connectivity index (χ2v) is 6.46. The largest absolute Gasteiger partial charge is 0.480 e. The molecule has 1 saturated heterocycles. The molecule has 0 atom stereocenters. The van der Waals surface area contributed by atoms with Crippen LogP contribution in [0.25, 0.3) is 6.08 Å². The summed E-state index contributed by atoms with van der Waals surface area (Å²) in [5.74, 6) is 2.76. The Hall–Kier alpha value is -2.68. The van der Waals surface area contributed by atoms with Crippen molar-refractivity contribution in [2.24, 2.45) is 4.99 Å². The number of hydrogen-bond acceptors (Lipinski definition) is 4. The fraction of sp³-hybridized carbons (Fsp3) is 0.0526. The molecule has 4 nitrogen and oxygen atoms in total. The average Bonchev–Trinajstić information content (AvgIpc) is 2.94. The van der Waals surface area contributed by atoms with E-state index in [4.69, 9.17) is 22.8 Å². The van der Waals surface area contributed by atoms with E-state index in [1.165, 1.54) is 11.8 Å². The minimum atomic E-state index is -0.220. The lowest BCUT2D eigenvalue weighted by Gasteiger charge is -2.07. The normalized spacial score (nSPS) is 16.7. The molecule has 1 amide bonds. The fourth-order valence-electron chi connectivity index (χ4n) is 2.12. The molecule has 1 N–H and O–H groups in total. The minimum absolute atomic E-state index is 0.137. The van der Waals surface area contributed by atoms with Crippen molar-refractivity contribution in [2.75, 3.05) is 6.61 Å². The Bertz CT molecular complexity index is 901. The molecular weight excluding hydrogens is 356 g/mol. The third-order valence-electron chi connectivity index (χ3n) is 3.21. The third kappa shape index (κ3) is 4.44. The summed E-state index contributed by atoms with van der Waals surface area (Å²) in [6.07, 6.45) is 6.95. The maximum Gasteiger partial charge on any atom is 0.264 e. The molecule has 0 unspecified atom stereocenters. The van der Waals surface area contributed by atoms with E-state index in [9.17, 15) is 4.79 Å². The number of amides is 1. The van der Waals surface area contributed by atoms with Gasteiger partial charge in [0.1, 0.15) is 12.4 Å². The third-order valence-corrected chi connectivity index (χ3v) is 4.35. The Morgan fingerprint density at radius 2 is 2.08 bits per heavy atom. The number of halogens is 1. The first-order valence-electron chi connectivity index (χ1n) is 7.36. The smallest absolute Gasteiger partial charge is 0.264 e. The summed E-state index contributed by atoms with van der Waals surface area (Å²) >= 11 is 7.31. The molecule has 1 aliphatic rings. The van der Waals surface area contributed by atoms with Crippen molar-refractivity contribution in [1.29, 1.82) is 0 Å². The van der Waals surface area contributed by atoms with Crippen LogP contribution in [-0.2, 0) is 4.79 Å². The van der Waals surface area contributed by atoms with Crippen molar-refractivity contribution < 1.29 is 9.53 Å². The first-order valence-corrected chi connectivity index (χ1v) is 8.55. The Kier molecular flexibility index (Phi) is 5.44. The number of carbonyl (C=O) groups is 1. The molecule has 2 aromatic carbocycles. The van der Waals surface area contributed by atoms with Gasteiger partial charge in [-0.3, -0.25) is 4.79 Å². The van der Waals surface area contributed by atoms with Gasteiger partial charge in [-0.2, -0.15) is 0 Å². The van der Waals surface area contributed by atoms with Crippen molar-refractivity contribution >= 4 is 46.2 Å². The summed E-state index contributed by atoms with van der Waals surface area (Å²) < 4.78 is 5.50. The summed E-state index contributed by atoms with van der Waals surface area (Å²) in [6, 6.07) is 14.6. The lowest BCUT2D eigenvalue weighted by atomic mass is 10.2. The minimum Gasteiger partial charge on any atom is -0.480 e. The van der Waals surface area contributed by atoms with Gasteiger partial charge in [0.2, 0.25) is 0 Å². The van der Waals surface area contributed by atoms with Gasteiger partial charge in [-0.15, -0.1) is 6.42 Å². The van der Waals surface area contributed by atoms with E-state index < -0.39 is 0 Å². The highest BCUT2D eigenvalue weighted by Crippen LogP contribution is 2.31. The number of carbonyl (C=O) groups excluding carboxylic acids is 1. The second kappa shape index (κ2) is 7.93. The topological polar surface area (TPSA) is 50.7 Å². The van der Waals surface area contributed by atoms with Crippen LogP contribution in [-0.4, -0.2) is 17.7 Å². The van der Waals surface area contributed by atoms with Gasteiger partial charge < -0.3 is 10.1 Å². The predicted molar refractivity (Wildman–Crippen MR) is 103 cm³/mol.